The van der Waals surface area contributed by atoms with Crippen LogP contribution in [0.15, 0.2) is 42.5 Å². The van der Waals surface area contributed by atoms with Crippen LogP contribution < -0.4 is 19.5 Å². The first kappa shape index (κ1) is 19.0. The molecular weight excluding hydrogens is 344 g/mol. The third kappa shape index (κ3) is 4.34. The number of amides is 1. The van der Waals surface area contributed by atoms with Crippen LogP contribution in [0.5, 0.6) is 17.2 Å². The molecule has 6 nitrogen and oxygen atoms in total. The van der Waals surface area contributed by atoms with Gasteiger partial charge in [0.05, 0.1) is 21.3 Å². The van der Waals surface area contributed by atoms with E-state index >= 15 is 0 Å². The van der Waals surface area contributed by atoms with Crippen LogP contribution in [0.25, 0.3) is 0 Å². The highest BCUT2D eigenvalue weighted by Crippen LogP contribution is 2.37. The van der Waals surface area contributed by atoms with Gasteiger partial charge in [0.25, 0.3) is 0 Å². The Balaban J connectivity index is 1.94. The molecule has 1 aliphatic rings. The fraction of sp³-hybridized carbons (Fsp3) is 0.381. The van der Waals surface area contributed by atoms with Gasteiger partial charge in [-0.15, -0.1) is 0 Å². The maximum Gasteiger partial charge on any atom is 0.221 e. The predicted molar refractivity (Wildman–Crippen MR) is 103 cm³/mol. The summed E-state index contributed by atoms with van der Waals surface area (Å²) in [5.41, 5.74) is 2.12. The maximum absolute atomic E-state index is 12.2. The quantitative estimate of drug-likeness (QED) is 0.847. The second-order valence-electron chi connectivity index (χ2n) is 6.47. The van der Waals surface area contributed by atoms with Gasteiger partial charge in [0.2, 0.25) is 5.91 Å². The minimum atomic E-state index is 0.00602. The maximum atomic E-state index is 12.2. The average molecular weight is 370 g/mol. The number of ether oxygens (including phenoxy) is 3. The lowest BCUT2D eigenvalue weighted by atomic mass is 10.0. The molecule has 0 spiro atoms. The standard InChI is InChI=1S/C21H26N2O4/c1-25-18-13-20(27-3)19(26-2)11-16(18)14-23-10-9-22-21(24)12-17(23)15-7-5-4-6-8-15/h4-8,11,13,17H,9-10,12,14H2,1-3H3,(H,22,24). The number of carbonyl (C=O) groups excluding carboxylic acids is 1. The van der Waals surface area contributed by atoms with E-state index in [1.165, 1.54) is 0 Å². The minimum Gasteiger partial charge on any atom is -0.496 e. The molecule has 0 aromatic heterocycles. The Morgan fingerprint density at radius 3 is 2.33 bits per heavy atom. The van der Waals surface area contributed by atoms with Crippen LogP contribution in [0, 0.1) is 0 Å². The number of methoxy groups -OCH3 is 3. The molecule has 0 radical (unpaired) electrons. The Kier molecular flexibility index (Phi) is 6.19. The summed E-state index contributed by atoms with van der Waals surface area (Å²) in [6.07, 6.45) is 0.430. The first-order valence-electron chi connectivity index (χ1n) is 9.00. The predicted octanol–water partition coefficient (Wildman–Crippen LogP) is 2.78. The van der Waals surface area contributed by atoms with E-state index in [0.717, 1.165) is 23.4 Å². The fourth-order valence-electron chi connectivity index (χ4n) is 3.50. The van der Waals surface area contributed by atoms with E-state index in [4.69, 9.17) is 14.2 Å². The molecule has 1 heterocycles. The van der Waals surface area contributed by atoms with Crippen molar-refractivity contribution in [1.82, 2.24) is 10.2 Å². The number of rotatable bonds is 6. The molecule has 1 fully saturated rings. The van der Waals surface area contributed by atoms with E-state index in [9.17, 15) is 4.79 Å². The fourth-order valence-corrected chi connectivity index (χ4v) is 3.50. The van der Waals surface area contributed by atoms with E-state index in [1.54, 1.807) is 21.3 Å². The van der Waals surface area contributed by atoms with Gasteiger partial charge in [-0.05, 0) is 11.6 Å². The van der Waals surface area contributed by atoms with E-state index in [0.29, 0.717) is 31.0 Å². The minimum absolute atomic E-state index is 0.00602. The summed E-state index contributed by atoms with van der Waals surface area (Å²) in [4.78, 5) is 14.5. The van der Waals surface area contributed by atoms with Gasteiger partial charge in [-0.3, -0.25) is 9.69 Å². The van der Waals surface area contributed by atoms with E-state index in [2.05, 4.69) is 22.3 Å². The van der Waals surface area contributed by atoms with Crippen LogP contribution >= 0.6 is 0 Å². The van der Waals surface area contributed by atoms with Crippen LogP contribution in [-0.4, -0.2) is 45.2 Å². The lowest BCUT2D eigenvalue weighted by Gasteiger charge is -2.30. The van der Waals surface area contributed by atoms with Crippen molar-refractivity contribution in [3.63, 3.8) is 0 Å². The van der Waals surface area contributed by atoms with E-state index in [1.807, 2.05) is 30.3 Å². The lowest BCUT2D eigenvalue weighted by Crippen LogP contribution is -2.30. The third-order valence-corrected chi connectivity index (χ3v) is 4.89. The van der Waals surface area contributed by atoms with Gasteiger partial charge in [0.15, 0.2) is 11.5 Å². The second kappa shape index (κ2) is 8.77. The Morgan fingerprint density at radius 1 is 1.00 bits per heavy atom. The van der Waals surface area contributed by atoms with Crippen molar-refractivity contribution in [2.24, 2.45) is 0 Å². The molecule has 1 amide bonds. The number of carbonyl (C=O) groups is 1. The van der Waals surface area contributed by atoms with Crippen LogP contribution in [0.4, 0.5) is 0 Å². The molecule has 144 valence electrons. The molecule has 1 N–H and O–H groups in total. The van der Waals surface area contributed by atoms with E-state index in [-0.39, 0.29) is 11.9 Å². The number of hydrogen-bond acceptors (Lipinski definition) is 5. The van der Waals surface area contributed by atoms with Crippen molar-refractivity contribution < 1.29 is 19.0 Å². The summed E-state index contributed by atoms with van der Waals surface area (Å²) in [7, 11) is 4.87. The van der Waals surface area contributed by atoms with E-state index < -0.39 is 0 Å². The normalized spacial score (nSPS) is 17.7. The molecule has 2 aromatic rings. The molecule has 27 heavy (non-hydrogen) atoms. The highest BCUT2D eigenvalue weighted by Gasteiger charge is 2.27. The Morgan fingerprint density at radius 2 is 1.67 bits per heavy atom. The van der Waals surface area contributed by atoms with Gasteiger partial charge in [-0.1, -0.05) is 30.3 Å². The first-order valence-corrected chi connectivity index (χ1v) is 9.00. The lowest BCUT2D eigenvalue weighted by molar-refractivity contribution is -0.121. The topological polar surface area (TPSA) is 60.0 Å². The molecule has 1 aliphatic heterocycles. The highest BCUT2D eigenvalue weighted by atomic mass is 16.5. The molecule has 2 aromatic carbocycles. The van der Waals surface area contributed by atoms with Crippen molar-refractivity contribution >= 4 is 5.91 Å². The number of nitrogens with zero attached hydrogens (tertiary/aromatic N) is 1. The van der Waals surface area contributed by atoms with Gasteiger partial charge < -0.3 is 19.5 Å². The molecule has 0 aliphatic carbocycles. The van der Waals surface area contributed by atoms with Crippen LogP contribution in [0.1, 0.15) is 23.6 Å². The Hall–Kier alpha value is -2.73. The molecule has 6 heteroatoms. The summed E-state index contributed by atoms with van der Waals surface area (Å²) in [6.45, 7) is 2.01. The third-order valence-electron chi connectivity index (χ3n) is 4.89. The molecule has 1 unspecified atom stereocenters. The molecule has 0 bridgehead atoms. The first-order chi connectivity index (χ1) is 13.2. The highest BCUT2D eigenvalue weighted by molar-refractivity contribution is 5.77. The Bertz CT molecular complexity index is 779. The smallest absolute Gasteiger partial charge is 0.221 e. The zero-order valence-corrected chi connectivity index (χ0v) is 16.0. The van der Waals surface area contributed by atoms with Gasteiger partial charge >= 0.3 is 0 Å². The average Bonchev–Trinajstić information content (AvgIpc) is 2.89. The number of nitrogens with one attached hydrogen (secondary N) is 1. The summed E-state index contributed by atoms with van der Waals surface area (Å²) in [5.74, 6) is 2.10. The SMILES string of the molecule is COc1cc(OC)c(OC)cc1CN1CCNC(=O)CC1c1ccccc1. The molecule has 3 rings (SSSR count). The zero-order valence-electron chi connectivity index (χ0n) is 16.0. The van der Waals surface area contributed by atoms with Crippen LogP contribution in [0.3, 0.4) is 0 Å². The Labute approximate surface area is 160 Å². The molecular formula is C21H26N2O4. The summed E-state index contributed by atoms with van der Waals surface area (Å²) in [6, 6.07) is 13.9. The van der Waals surface area contributed by atoms with Crippen molar-refractivity contribution in [1.29, 1.82) is 0 Å². The largest absolute Gasteiger partial charge is 0.496 e. The second-order valence-corrected chi connectivity index (χ2v) is 6.47. The van der Waals surface area contributed by atoms with Crippen molar-refractivity contribution in [2.75, 3.05) is 34.4 Å². The number of benzene rings is 2. The molecule has 1 saturated heterocycles. The van der Waals surface area contributed by atoms with Crippen molar-refractivity contribution in [3.8, 4) is 17.2 Å². The van der Waals surface area contributed by atoms with Gasteiger partial charge in [0, 0.05) is 43.7 Å². The van der Waals surface area contributed by atoms with Crippen molar-refractivity contribution in [2.45, 2.75) is 19.0 Å². The van der Waals surface area contributed by atoms with Gasteiger partial charge in [0.1, 0.15) is 5.75 Å². The molecule has 0 saturated carbocycles. The van der Waals surface area contributed by atoms with Gasteiger partial charge in [-0.2, -0.15) is 0 Å². The van der Waals surface area contributed by atoms with Crippen LogP contribution in [-0.2, 0) is 11.3 Å². The van der Waals surface area contributed by atoms with Crippen LogP contribution in [0.2, 0.25) is 0 Å². The summed E-state index contributed by atoms with van der Waals surface area (Å²) < 4.78 is 16.4. The van der Waals surface area contributed by atoms with Gasteiger partial charge in [-0.25, -0.2) is 0 Å². The summed E-state index contributed by atoms with van der Waals surface area (Å²) in [5, 5.41) is 2.97. The molecule has 1 atom stereocenters. The summed E-state index contributed by atoms with van der Waals surface area (Å²) >= 11 is 0. The monoisotopic (exact) mass is 370 g/mol. The number of hydrogen-bond donors (Lipinski definition) is 1. The van der Waals surface area contributed by atoms with Crippen molar-refractivity contribution in [3.05, 3.63) is 53.6 Å². The zero-order chi connectivity index (χ0) is 19.2.